The zero-order valence-electron chi connectivity index (χ0n) is 11.2. The van der Waals surface area contributed by atoms with Gasteiger partial charge in [0.15, 0.2) is 0 Å². The molecule has 2 N–H and O–H groups in total. The number of carbonyl (C=O) groups is 1. The molecule has 0 saturated carbocycles. The van der Waals surface area contributed by atoms with Crippen molar-refractivity contribution >= 4 is 34.7 Å². The molecular weight excluding hydrogens is 296 g/mol. The first kappa shape index (κ1) is 14.7. The Morgan fingerprint density at radius 3 is 2.90 bits per heavy atom. The predicted octanol–water partition coefficient (Wildman–Crippen LogP) is 2.86. The van der Waals surface area contributed by atoms with E-state index in [2.05, 4.69) is 20.6 Å². The molecule has 7 heteroatoms. The van der Waals surface area contributed by atoms with E-state index in [9.17, 15) is 4.79 Å². The molecule has 5 nitrogen and oxygen atoms in total. The van der Waals surface area contributed by atoms with Gasteiger partial charge >= 0.3 is 0 Å². The van der Waals surface area contributed by atoms with E-state index in [1.807, 2.05) is 13.8 Å². The Morgan fingerprint density at radius 1 is 1.45 bits per heavy atom. The van der Waals surface area contributed by atoms with Crippen LogP contribution in [0.5, 0.6) is 0 Å². The molecule has 0 bridgehead atoms. The monoisotopic (exact) mass is 310 g/mol. The highest BCUT2D eigenvalue weighted by molar-refractivity contribution is 7.11. The van der Waals surface area contributed by atoms with Gasteiger partial charge in [0, 0.05) is 23.2 Å². The number of hydrogen-bond donors (Lipinski definition) is 2. The van der Waals surface area contributed by atoms with Gasteiger partial charge in [-0.05, 0) is 26.0 Å². The van der Waals surface area contributed by atoms with Crippen molar-refractivity contribution in [1.82, 2.24) is 15.3 Å². The highest BCUT2D eigenvalue weighted by atomic mass is 35.5. The number of hydrogen-bond acceptors (Lipinski definition) is 5. The molecule has 0 aromatic carbocycles. The molecular formula is C13H15ClN4OS. The predicted molar refractivity (Wildman–Crippen MR) is 81.4 cm³/mol. The first-order valence-electron chi connectivity index (χ1n) is 6.19. The second-order valence-electron chi connectivity index (χ2n) is 4.12. The van der Waals surface area contributed by atoms with Crippen LogP contribution in [0.3, 0.4) is 0 Å². The zero-order valence-corrected chi connectivity index (χ0v) is 12.8. The van der Waals surface area contributed by atoms with Crippen LogP contribution in [0.4, 0.5) is 5.82 Å². The SMILES string of the molecule is CCNc1cc(C(=O)NCc2cnc(C)s2)cc(Cl)n1. The smallest absolute Gasteiger partial charge is 0.251 e. The Kier molecular flexibility index (Phi) is 4.92. The van der Waals surface area contributed by atoms with Gasteiger partial charge in [-0.15, -0.1) is 11.3 Å². The van der Waals surface area contributed by atoms with Crippen molar-refractivity contribution in [3.8, 4) is 0 Å². The van der Waals surface area contributed by atoms with Gasteiger partial charge in [-0.25, -0.2) is 9.97 Å². The van der Waals surface area contributed by atoms with Crippen molar-refractivity contribution in [2.75, 3.05) is 11.9 Å². The summed E-state index contributed by atoms with van der Waals surface area (Å²) in [5.41, 5.74) is 0.488. The molecule has 1 amide bonds. The first-order valence-corrected chi connectivity index (χ1v) is 7.39. The van der Waals surface area contributed by atoms with Crippen LogP contribution < -0.4 is 10.6 Å². The van der Waals surface area contributed by atoms with Crippen molar-refractivity contribution < 1.29 is 4.79 Å². The standard InChI is InChI=1S/C13H15ClN4OS/c1-3-15-12-5-9(4-11(14)18-12)13(19)17-7-10-6-16-8(2)20-10/h4-6H,3,7H2,1-2H3,(H,15,18)(H,17,19). The van der Waals surface area contributed by atoms with Crippen molar-refractivity contribution in [3.05, 3.63) is 38.9 Å². The number of halogens is 1. The lowest BCUT2D eigenvalue weighted by Gasteiger charge is -2.07. The van der Waals surface area contributed by atoms with Crippen LogP contribution in [0.1, 0.15) is 27.2 Å². The third kappa shape index (κ3) is 3.91. The maximum absolute atomic E-state index is 12.1. The van der Waals surface area contributed by atoms with Crippen LogP contribution >= 0.6 is 22.9 Å². The Morgan fingerprint density at radius 2 is 2.25 bits per heavy atom. The molecule has 106 valence electrons. The minimum atomic E-state index is -0.181. The lowest BCUT2D eigenvalue weighted by molar-refractivity contribution is 0.0951. The van der Waals surface area contributed by atoms with Gasteiger partial charge in [0.25, 0.3) is 5.91 Å². The number of nitrogens with zero attached hydrogens (tertiary/aromatic N) is 2. The Labute approximate surface area is 126 Å². The number of pyridine rings is 1. The van der Waals surface area contributed by atoms with Gasteiger partial charge in [-0.3, -0.25) is 4.79 Å². The van der Waals surface area contributed by atoms with Crippen LogP contribution in [-0.2, 0) is 6.54 Å². The third-order valence-electron chi connectivity index (χ3n) is 2.51. The molecule has 0 fully saturated rings. The van der Waals surface area contributed by atoms with E-state index >= 15 is 0 Å². The lowest BCUT2D eigenvalue weighted by atomic mass is 10.2. The summed E-state index contributed by atoms with van der Waals surface area (Å²) in [4.78, 5) is 21.3. The number of anilines is 1. The van der Waals surface area contributed by atoms with E-state index in [0.717, 1.165) is 9.88 Å². The fraction of sp³-hybridized carbons (Fsp3) is 0.308. The molecule has 2 heterocycles. The molecule has 0 aliphatic rings. The number of carbonyl (C=O) groups excluding carboxylic acids is 1. The first-order chi connectivity index (χ1) is 9.58. The molecule has 0 atom stereocenters. The topological polar surface area (TPSA) is 66.9 Å². The summed E-state index contributed by atoms with van der Waals surface area (Å²) in [6.07, 6.45) is 1.77. The molecule has 2 aromatic heterocycles. The number of aromatic nitrogens is 2. The Balaban J connectivity index is 2.04. The molecule has 0 aliphatic carbocycles. The van der Waals surface area contributed by atoms with E-state index in [0.29, 0.717) is 29.6 Å². The van der Waals surface area contributed by atoms with Gasteiger partial charge < -0.3 is 10.6 Å². The number of aryl methyl sites for hydroxylation is 1. The molecule has 2 aromatic rings. The van der Waals surface area contributed by atoms with E-state index in [-0.39, 0.29) is 5.91 Å². The average molecular weight is 311 g/mol. The van der Waals surface area contributed by atoms with Crippen molar-refractivity contribution in [2.24, 2.45) is 0 Å². The minimum Gasteiger partial charge on any atom is -0.370 e. The molecule has 0 radical (unpaired) electrons. The molecule has 20 heavy (non-hydrogen) atoms. The van der Waals surface area contributed by atoms with Crippen LogP contribution in [0.15, 0.2) is 18.3 Å². The Bertz CT molecular complexity index is 614. The maximum atomic E-state index is 12.1. The van der Waals surface area contributed by atoms with Crippen molar-refractivity contribution in [3.63, 3.8) is 0 Å². The van der Waals surface area contributed by atoms with Gasteiger partial charge in [0.2, 0.25) is 0 Å². The van der Waals surface area contributed by atoms with Gasteiger partial charge in [-0.1, -0.05) is 11.6 Å². The highest BCUT2D eigenvalue weighted by Crippen LogP contribution is 2.15. The molecule has 2 rings (SSSR count). The highest BCUT2D eigenvalue weighted by Gasteiger charge is 2.09. The summed E-state index contributed by atoms with van der Waals surface area (Å²) in [6.45, 7) is 5.06. The fourth-order valence-electron chi connectivity index (χ4n) is 1.66. The fourth-order valence-corrected chi connectivity index (χ4v) is 2.60. The van der Waals surface area contributed by atoms with Crippen molar-refractivity contribution in [1.29, 1.82) is 0 Å². The number of rotatable bonds is 5. The van der Waals surface area contributed by atoms with Crippen LogP contribution in [0, 0.1) is 6.92 Å². The summed E-state index contributed by atoms with van der Waals surface area (Å²) in [5, 5.41) is 7.16. The quantitative estimate of drug-likeness (QED) is 0.833. The normalized spacial score (nSPS) is 10.3. The maximum Gasteiger partial charge on any atom is 0.251 e. The second-order valence-corrected chi connectivity index (χ2v) is 5.83. The largest absolute Gasteiger partial charge is 0.370 e. The van der Waals surface area contributed by atoms with Crippen LogP contribution in [-0.4, -0.2) is 22.4 Å². The Hall–Kier alpha value is -1.66. The number of nitrogens with one attached hydrogen (secondary N) is 2. The van der Waals surface area contributed by atoms with E-state index in [4.69, 9.17) is 11.6 Å². The molecule has 0 spiro atoms. The van der Waals surface area contributed by atoms with Crippen molar-refractivity contribution in [2.45, 2.75) is 20.4 Å². The molecule has 0 saturated heterocycles. The molecule has 0 aliphatic heterocycles. The number of amides is 1. The third-order valence-corrected chi connectivity index (χ3v) is 3.61. The van der Waals surface area contributed by atoms with Gasteiger partial charge in [0.1, 0.15) is 11.0 Å². The second kappa shape index (κ2) is 6.67. The summed E-state index contributed by atoms with van der Waals surface area (Å²) in [5.74, 6) is 0.415. The number of thiazole rings is 1. The van der Waals surface area contributed by atoms with Gasteiger partial charge in [0.05, 0.1) is 11.6 Å². The summed E-state index contributed by atoms with van der Waals surface area (Å²) in [7, 11) is 0. The average Bonchev–Trinajstić information content (AvgIpc) is 2.81. The van der Waals surface area contributed by atoms with E-state index in [1.165, 1.54) is 0 Å². The summed E-state index contributed by atoms with van der Waals surface area (Å²) >= 11 is 7.47. The van der Waals surface area contributed by atoms with Gasteiger partial charge in [-0.2, -0.15) is 0 Å². The molecule has 0 unspecified atom stereocenters. The van der Waals surface area contributed by atoms with E-state index in [1.54, 1.807) is 29.7 Å². The summed E-state index contributed by atoms with van der Waals surface area (Å²) in [6, 6.07) is 3.23. The van der Waals surface area contributed by atoms with Crippen LogP contribution in [0.25, 0.3) is 0 Å². The lowest BCUT2D eigenvalue weighted by Crippen LogP contribution is -2.22. The van der Waals surface area contributed by atoms with E-state index < -0.39 is 0 Å². The minimum absolute atomic E-state index is 0.181. The summed E-state index contributed by atoms with van der Waals surface area (Å²) < 4.78 is 0. The van der Waals surface area contributed by atoms with Crippen LogP contribution in [0.2, 0.25) is 5.15 Å². The zero-order chi connectivity index (χ0) is 14.5.